The predicted octanol–water partition coefficient (Wildman–Crippen LogP) is 0.944. The van der Waals surface area contributed by atoms with Crippen LogP contribution in [0.4, 0.5) is 0 Å². The first kappa shape index (κ1) is 6.80. The summed E-state index contributed by atoms with van der Waals surface area (Å²) in [5.41, 5.74) is 0. The molecule has 0 radical (unpaired) electrons. The van der Waals surface area contributed by atoms with E-state index in [2.05, 4.69) is 0 Å². The first-order valence-electron chi connectivity index (χ1n) is 3.83. The van der Waals surface area contributed by atoms with Gasteiger partial charge in [-0.25, -0.2) is 0 Å². The molecule has 2 nitrogen and oxygen atoms in total. The summed E-state index contributed by atoms with van der Waals surface area (Å²) in [5, 5.41) is 0. The number of hydrogen-bond donors (Lipinski definition) is 0. The molecule has 0 saturated carbocycles. The molecular formula is C9H10O2. The van der Waals surface area contributed by atoms with Gasteiger partial charge in [-0.05, 0) is 0 Å². The number of Topliss-reactive ketones (excluding diaryl/α,β-unsaturated/α-hetero) is 1. The van der Waals surface area contributed by atoms with Crippen molar-refractivity contribution >= 4 is 5.78 Å². The van der Waals surface area contributed by atoms with Crippen molar-refractivity contribution in [1.82, 2.24) is 0 Å². The fourth-order valence-corrected chi connectivity index (χ4v) is 1.55. The van der Waals surface area contributed by atoms with Crippen molar-refractivity contribution < 1.29 is 9.53 Å². The monoisotopic (exact) mass is 150 g/mol. The number of rotatable bonds is 0. The smallest absolute Gasteiger partial charge is 0.165 e. The van der Waals surface area contributed by atoms with Gasteiger partial charge in [-0.2, -0.15) is 0 Å². The van der Waals surface area contributed by atoms with E-state index in [0.717, 1.165) is 0 Å². The molecule has 0 aromatic carbocycles. The van der Waals surface area contributed by atoms with Gasteiger partial charge in [-0.3, -0.25) is 4.79 Å². The van der Waals surface area contributed by atoms with Crippen LogP contribution in [0.1, 0.15) is 0 Å². The van der Waals surface area contributed by atoms with Crippen LogP contribution in [0, 0.1) is 11.8 Å². The molecule has 2 atom stereocenters. The quantitative estimate of drug-likeness (QED) is 0.513. The van der Waals surface area contributed by atoms with Crippen molar-refractivity contribution in [3.05, 3.63) is 24.3 Å². The van der Waals surface area contributed by atoms with Crippen LogP contribution in [0.5, 0.6) is 0 Å². The molecule has 0 aromatic heterocycles. The minimum absolute atomic E-state index is 0.0914. The molecule has 11 heavy (non-hydrogen) atoms. The Bertz CT molecular complexity index is 228. The standard InChI is InChI=1S/C9H10O2/c10-9-6-11-5-7-3-1-2-4-8(7)9/h1-4,7-8H,5-6H2. The summed E-state index contributed by atoms with van der Waals surface area (Å²) in [6.07, 6.45) is 7.92. The number of ether oxygens (including phenoxy) is 1. The second kappa shape index (κ2) is 2.62. The van der Waals surface area contributed by atoms with E-state index in [1.165, 1.54) is 0 Å². The Hall–Kier alpha value is -0.890. The second-order valence-corrected chi connectivity index (χ2v) is 2.94. The molecule has 1 fully saturated rings. The van der Waals surface area contributed by atoms with Gasteiger partial charge in [0.15, 0.2) is 5.78 Å². The summed E-state index contributed by atoms with van der Waals surface area (Å²) >= 11 is 0. The largest absolute Gasteiger partial charge is 0.373 e. The van der Waals surface area contributed by atoms with E-state index in [9.17, 15) is 4.79 Å². The van der Waals surface area contributed by atoms with Crippen LogP contribution < -0.4 is 0 Å². The lowest BCUT2D eigenvalue weighted by atomic mass is 9.84. The third-order valence-electron chi connectivity index (χ3n) is 2.18. The summed E-state index contributed by atoms with van der Waals surface area (Å²) in [7, 11) is 0. The number of hydrogen-bond acceptors (Lipinski definition) is 2. The molecule has 2 heteroatoms. The van der Waals surface area contributed by atoms with Crippen molar-refractivity contribution in [1.29, 1.82) is 0 Å². The zero-order chi connectivity index (χ0) is 7.68. The molecule has 0 N–H and O–H groups in total. The maximum atomic E-state index is 11.2. The zero-order valence-corrected chi connectivity index (χ0v) is 6.19. The number of carbonyl (C=O) groups is 1. The van der Waals surface area contributed by atoms with Crippen LogP contribution in [-0.2, 0) is 9.53 Å². The van der Waals surface area contributed by atoms with E-state index >= 15 is 0 Å². The average Bonchev–Trinajstić information content (AvgIpc) is 2.06. The van der Waals surface area contributed by atoms with Gasteiger partial charge in [-0.15, -0.1) is 0 Å². The van der Waals surface area contributed by atoms with E-state index in [1.807, 2.05) is 24.3 Å². The SMILES string of the molecule is O=C1COCC2C=CC=CC12. The third kappa shape index (κ3) is 1.14. The minimum atomic E-state index is 0.0914. The molecule has 2 aliphatic rings. The molecular weight excluding hydrogens is 140 g/mol. The van der Waals surface area contributed by atoms with E-state index in [-0.39, 0.29) is 11.7 Å². The van der Waals surface area contributed by atoms with Crippen LogP contribution in [-0.4, -0.2) is 19.0 Å². The van der Waals surface area contributed by atoms with E-state index in [1.54, 1.807) is 0 Å². The highest BCUT2D eigenvalue weighted by Crippen LogP contribution is 2.24. The molecule has 2 unspecified atom stereocenters. The van der Waals surface area contributed by atoms with Crippen molar-refractivity contribution in [2.75, 3.05) is 13.2 Å². The van der Waals surface area contributed by atoms with Gasteiger partial charge < -0.3 is 4.74 Å². The summed E-state index contributed by atoms with van der Waals surface area (Å²) in [6.45, 7) is 0.983. The molecule has 58 valence electrons. The number of carbonyl (C=O) groups excluding carboxylic acids is 1. The fourth-order valence-electron chi connectivity index (χ4n) is 1.55. The Balaban J connectivity index is 2.20. The highest BCUT2D eigenvalue weighted by Gasteiger charge is 2.29. The molecule has 1 saturated heterocycles. The van der Waals surface area contributed by atoms with Gasteiger partial charge >= 0.3 is 0 Å². The van der Waals surface area contributed by atoms with Crippen LogP contribution in [0.25, 0.3) is 0 Å². The maximum Gasteiger partial charge on any atom is 0.165 e. The summed E-state index contributed by atoms with van der Waals surface area (Å²) in [6, 6.07) is 0. The van der Waals surface area contributed by atoms with Crippen molar-refractivity contribution in [2.45, 2.75) is 0 Å². The molecule has 1 aliphatic carbocycles. The van der Waals surface area contributed by atoms with Gasteiger partial charge in [-0.1, -0.05) is 24.3 Å². The average molecular weight is 150 g/mol. The predicted molar refractivity (Wildman–Crippen MR) is 41.1 cm³/mol. The summed E-state index contributed by atoms with van der Waals surface area (Å²) in [4.78, 5) is 11.2. The molecule has 0 bridgehead atoms. The van der Waals surface area contributed by atoms with Crippen molar-refractivity contribution in [3.8, 4) is 0 Å². The Morgan fingerprint density at radius 3 is 3.00 bits per heavy atom. The van der Waals surface area contributed by atoms with E-state index in [4.69, 9.17) is 4.74 Å². The Labute approximate surface area is 65.5 Å². The van der Waals surface area contributed by atoms with Gasteiger partial charge in [0.2, 0.25) is 0 Å². The van der Waals surface area contributed by atoms with Gasteiger partial charge in [0, 0.05) is 11.8 Å². The Kier molecular flexibility index (Phi) is 1.62. The normalized spacial score (nSPS) is 35.5. The lowest BCUT2D eigenvalue weighted by Gasteiger charge is -2.27. The number of allylic oxidation sites excluding steroid dienone is 3. The van der Waals surface area contributed by atoms with Gasteiger partial charge in [0.05, 0.1) is 6.61 Å². The van der Waals surface area contributed by atoms with Crippen LogP contribution in [0.15, 0.2) is 24.3 Å². The molecule has 2 rings (SSSR count). The molecule has 0 spiro atoms. The Morgan fingerprint density at radius 2 is 2.18 bits per heavy atom. The number of ketones is 1. The van der Waals surface area contributed by atoms with E-state index < -0.39 is 0 Å². The zero-order valence-electron chi connectivity index (χ0n) is 6.19. The fraction of sp³-hybridized carbons (Fsp3) is 0.444. The maximum absolute atomic E-state index is 11.2. The van der Waals surface area contributed by atoms with E-state index in [0.29, 0.717) is 19.1 Å². The molecule has 0 amide bonds. The third-order valence-corrected chi connectivity index (χ3v) is 2.18. The van der Waals surface area contributed by atoms with Crippen LogP contribution >= 0.6 is 0 Å². The molecule has 1 aliphatic heterocycles. The topological polar surface area (TPSA) is 26.3 Å². The van der Waals surface area contributed by atoms with Crippen LogP contribution in [0.3, 0.4) is 0 Å². The number of fused-ring (bicyclic) bond motifs is 1. The summed E-state index contributed by atoms with van der Waals surface area (Å²) < 4.78 is 5.12. The lowest BCUT2D eigenvalue weighted by molar-refractivity contribution is -0.132. The first-order chi connectivity index (χ1) is 5.38. The minimum Gasteiger partial charge on any atom is -0.373 e. The lowest BCUT2D eigenvalue weighted by Crippen LogP contribution is -2.34. The Morgan fingerprint density at radius 1 is 1.36 bits per heavy atom. The van der Waals surface area contributed by atoms with Gasteiger partial charge in [0.25, 0.3) is 0 Å². The van der Waals surface area contributed by atoms with Gasteiger partial charge in [0.1, 0.15) is 6.61 Å². The highest BCUT2D eigenvalue weighted by atomic mass is 16.5. The van der Waals surface area contributed by atoms with Crippen LogP contribution in [0.2, 0.25) is 0 Å². The first-order valence-corrected chi connectivity index (χ1v) is 3.83. The second-order valence-electron chi connectivity index (χ2n) is 2.94. The summed E-state index contributed by atoms with van der Waals surface area (Å²) in [5.74, 6) is 0.594. The molecule has 1 heterocycles. The highest BCUT2D eigenvalue weighted by molar-refractivity contribution is 5.85. The molecule has 0 aromatic rings. The van der Waals surface area contributed by atoms with Crippen molar-refractivity contribution in [3.63, 3.8) is 0 Å². The van der Waals surface area contributed by atoms with Crippen molar-refractivity contribution in [2.24, 2.45) is 11.8 Å².